The minimum absolute atomic E-state index is 0.136. The van der Waals surface area contributed by atoms with E-state index in [1.165, 1.54) is 30.3 Å². The van der Waals surface area contributed by atoms with Gasteiger partial charge in [0.15, 0.2) is 0 Å². The SMILES string of the molecule is Cc1c(C[C@](C)(C(=O)O)C(C)(C)C)ccc(Cl)c1NC(=O)[C@H](c1ccc(Cl)cc1)[C@@H](C)C(F)(F)F. The molecule has 0 aliphatic heterocycles. The van der Waals surface area contributed by atoms with Crippen molar-refractivity contribution in [3.05, 3.63) is 63.1 Å². The Bertz CT molecular complexity index is 1090. The molecule has 0 fully saturated rings. The Kier molecular flexibility index (Phi) is 8.61. The van der Waals surface area contributed by atoms with Gasteiger partial charge >= 0.3 is 12.1 Å². The van der Waals surface area contributed by atoms with Gasteiger partial charge in [-0.05, 0) is 60.6 Å². The monoisotopic (exact) mass is 531 g/mol. The summed E-state index contributed by atoms with van der Waals surface area (Å²) < 4.78 is 41.0. The highest BCUT2D eigenvalue weighted by atomic mass is 35.5. The van der Waals surface area contributed by atoms with Gasteiger partial charge in [0.1, 0.15) is 0 Å². The van der Waals surface area contributed by atoms with E-state index >= 15 is 0 Å². The van der Waals surface area contributed by atoms with E-state index in [4.69, 9.17) is 23.2 Å². The van der Waals surface area contributed by atoms with Crippen LogP contribution in [0.25, 0.3) is 0 Å². The van der Waals surface area contributed by atoms with E-state index in [2.05, 4.69) is 5.32 Å². The number of hydrogen-bond donors (Lipinski definition) is 2. The molecule has 0 aliphatic carbocycles. The third-order valence-electron chi connectivity index (χ3n) is 6.97. The van der Waals surface area contributed by atoms with Crippen LogP contribution in [-0.2, 0) is 16.0 Å². The number of amides is 1. The van der Waals surface area contributed by atoms with Crippen LogP contribution in [0.2, 0.25) is 10.0 Å². The number of aliphatic carboxylic acids is 1. The topological polar surface area (TPSA) is 66.4 Å². The highest BCUT2D eigenvalue weighted by molar-refractivity contribution is 6.34. The van der Waals surface area contributed by atoms with Gasteiger partial charge in [-0.15, -0.1) is 0 Å². The Morgan fingerprint density at radius 3 is 2.00 bits per heavy atom. The molecule has 0 heterocycles. The number of nitrogens with one attached hydrogen (secondary N) is 1. The van der Waals surface area contributed by atoms with Gasteiger partial charge in [0.2, 0.25) is 5.91 Å². The lowest BCUT2D eigenvalue weighted by molar-refractivity contribution is -0.178. The molecule has 0 aliphatic rings. The van der Waals surface area contributed by atoms with Crippen LogP contribution in [0.4, 0.5) is 18.9 Å². The highest BCUT2D eigenvalue weighted by Gasteiger charge is 2.46. The van der Waals surface area contributed by atoms with E-state index < -0.39 is 40.7 Å². The largest absolute Gasteiger partial charge is 0.481 e. The second-order valence-electron chi connectivity index (χ2n) is 10.1. The summed E-state index contributed by atoms with van der Waals surface area (Å²) >= 11 is 12.2. The predicted octanol–water partition coefficient (Wildman–Crippen LogP) is 7.90. The molecular weight excluding hydrogens is 502 g/mol. The first-order valence-electron chi connectivity index (χ1n) is 11.0. The predicted molar refractivity (Wildman–Crippen MR) is 133 cm³/mol. The standard InChI is InChI=1S/C26H30Cl2F3NO3/c1-14-17(13-25(6,23(34)35)24(3,4)5)9-12-19(28)21(14)32-22(33)20(15(2)26(29,30)31)16-7-10-18(27)11-8-16/h7-12,15,20H,13H2,1-6H3,(H,32,33)(H,34,35)/t15-,20+,25-/m1/s1. The molecule has 2 aromatic rings. The molecular formula is C26H30Cl2F3NO3. The van der Waals surface area contributed by atoms with Crippen LogP contribution in [0.15, 0.2) is 36.4 Å². The first kappa shape index (κ1) is 29.0. The van der Waals surface area contributed by atoms with Crippen LogP contribution in [0.3, 0.4) is 0 Å². The molecule has 0 saturated carbocycles. The number of anilines is 1. The summed E-state index contributed by atoms with van der Waals surface area (Å²) in [6.45, 7) is 9.72. The Labute approximate surface area is 213 Å². The summed E-state index contributed by atoms with van der Waals surface area (Å²) in [7, 11) is 0. The van der Waals surface area contributed by atoms with Gasteiger partial charge in [-0.25, -0.2) is 0 Å². The van der Waals surface area contributed by atoms with Gasteiger partial charge in [0.05, 0.1) is 28.0 Å². The second-order valence-corrected chi connectivity index (χ2v) is 11.0. The van der Waals surface area contributed by atoms with Gasteiger partial charge in [0.25, 0.3) is 0 Å². The van der Waals surface area contributed by atoms with Gasteiger partial charge in [-0.1, -0.05) is 69.1 Å². The number of carbonyl (C=O) groups is 2. The highest BCUT2D eigenvalue weighted by Crippen LogP contribution is 2.44. The zero-order valence-corrected chi connectivity index (χ0v) is 22.0. The molecule has 2 rings (SSSR count). The summed E-state index contributed by atoms with van der Waals surface area (Å²) in [5.41, 5.74) is -0.315. The van der Waals surface area contributed by atoms with Crippen molar-refractivity contribution in [3.8, 4) is 0 Å². The molecule has 9 heteroatoms. The summed E-state index contributed by atoms with van der Waals surface area (Å²) in [5.74, 6) is -5.39. The van der Waals surface area contributed by atoms with Gasteiger partial charge in [0, 0.05) is 5.02 Å². The molecule has 4 nitrogen and oxygen atoms in total. The molecule has 0 spiro atoms. The third kappa shape index (κ3) is 6.31. The smallest absolute Gasteiger partial charge is 0.392 e. The summed E-state index contributed by atoms with van der Waals surface area (Å²) in [5, 5.41) is 13.0. The fourth-order valence-electron chi connectivity index (χ4n) is 3.84. The number of rotatable bonds is 7. The van der Waals surface area contributed by atoms with Crippen molar-refractivity contribution in [1.82, 2.24) is 0 Å². The van der Waals surface area contributed by atoms with Gasteiger partial charge in [-0.3, -0.25) is 9.59 Å². The second kappa shape index (κ2) is 10.4. The van der Waals surface area contributed by atoms with E-state index in [0.29, 0.717) is 16.1 Å². The number of halogens is 5. The van der Waals surface area contributed by atoms with Crippen LogP contribution in [0, 0.1) is 23.7 Å². The normalized spacial score (nSPS) is 15.7. The van der Waals surface area contributed by atoms with Crippen molar-refractivity contribution in [2.75, 3.05) is 5.32 Å². The molecule has 2 N–H and O–H groups in total. The lowest BCUT2D eigenvalue weighted by Crippen LogP contribution is -2.42. The number of carboxylic acids is 1. The first-order chi connectivity index (χ1) is 15.9. The summed E-state index contributed by atoms with van der Waals surface area (Å²) in [4.78, 5) is 25.4. The molecule has 0 unspecified atom stereocenters. The first-order valence-corrected chi connectivity index (χ1v) is 11.8. The molecule has 3 atom stereocenters. The van der Waals surface area contributed by atoms with E-state index in [1.54, 1.807) is 19.9 Å². The fourth-order valence-corrected chi connectivity index (χ4v) is 4.21. The van der Waals surface area contributed by atoms with Crippen molar-refractivity contribution in [1.29, 1.82) is 0 Å². The average Bonchev–Trinajstić information content (AvgIpc) is 2.73. The number of carboxylic acid groups (broad SMARTS) is 1. The maximum absolute atomic E-state index is 13.7. The van der Waals surface area contributed by atoms with Gasteiger partial charge < -0.3 is 10.4 Å². The third-order valence-corrected chi connectivity index (χ3v) is 7.54. The fraction of sp³-hybridized carbons (Fsp3) is 0.462. The van der Waals surface area contributed by atoms with Crippen molar-refractivity contribution in [3.63, 3.8) is 0 Å². The number of hydrogen-bond acceptors (Lipinski definition) is 2. The molecule has 0 radical (unpaired) electrons. The zero-order chi connectivity index (χ0) is 26.9. The lowest BCUT2D eigenvalue weighted by atomic mass is 9.64. The van der Waals surface area contributed by atoms with E-state index in [0.717, 1.165) is 6.92 Å². The molecule has 2 aromatic carbocycles. The summed E-state index contributed by atoms with van der Waals surface area (Å²) in [6, 6.07) is 8.82. The minimum Gasteiger partial charge on any atom is -0.481 e. The molecule has 0 aromatic heterocycles. The van der Waals surface area contributed by atoms with Crippen LogP contribution in [0.1, 0.15) is 57.2 Å². The van der Waals surface area contributed by atoms with Crippen LogP contribution in [0.5, 0.6) is 0 Å². The van der Waals surface area contributed by atoms with Crippen molar-refractivity contribution >= 4 is 40.8 Å². The number of carbonyl (C=O) groups excluding carboxylic acids is 1. The summed E-state index contributed by atoms with van der Waals surface area (Å²) in [6.07, 6.45) is -4.49. The van der Waals surface area contributed by atoms with E-state index in [9.17, 15) is 27.9 Å². The maximum Gasteiger partial charge on any atom is 0.392 e. The van der Waals surface area contributed by atoms with Crippen LogP contribution in [-0.4, -0.2) is 23.2 Å². The van der Waals surface area contributed by atoms with E-state index in [1.807, 2.05) is 20.8 Å². The maximum atomic E-state index is 13.7. The Morgan fingerprint density at radius 1 is 1.00 bits per heavy atom. The van der Waals surface area contributed by atoms with Crippen molar-refractivity contribution < 1.29 is 27.9 Å². The molecule has 1 amide bonds. The Hall–Kier alpha value is -2.25. The lowest BCUT2D eigenvalue weighted by Gasteiger charge is -2.38. The Balaban J connectivity index is 2.51. The number of alkyl halides is 3. The van der Waals surface area contributed by atoms with Crippen LogP contribution < -0.4 is 5.32 Å². The van der Waals surface area contributed by atoms with Crippen LogP contribution >= 0.6 is 23.2 Å². The molecule has 0 bridgehead atoms. The zero-order valence-electron chi connectivity index (χ0n) is 20.5. The molecule has 35 heavy (non-hydrogen) atoms. The van der Waals surface area contributed by atoms with E-state index in [-0.39, 0.29) is 22.7 Å². The quantitative estimate of drug-likeness (QED) is 0.381. The van der Waals surface area contributed by atoms with Crippen molar-refractivity contribution in [2.45, 2.75) is 60.1 Å². The Morgan fingerprint density at radius 2 is 1.54 bits per heavy atom. The van der Waals surface area contributed by atoms with Crippen molar-refractivity contribution in [2.24, 2.45) is 16.7 Å². The molecule has 0 saturated heterocycles. The minimum atomic E-state index is -4.63. The average molecular weight is 532 g/mol. The molecule has 192 valence electrons. The number of benzene rings is 2. The van der Waals surface area contributed by atoms with Gasteiger partial charge in [-0.2, -0.15) is 13.2 Å².